The minimum absolute atomic E-state index is 0.206. The molecule has 1 atom stereocenters. The Bertz CT molecular complexity index is 355. The van der Waals surface area contributed by atoms with E-state index in [1.807, 2.05) is 14.0 Å². The number of anilines is 2. The van der Waals surface area contributed by atoms with E-state index < -0.39 is 0 Å². The number of hydrogen-bond donors (Lipinski definition) is 2. The van der Waals surface area contributed by atoms with Crippen molar-refractivity contribution in [2.24, 2.45) is 5.41 Å². The van der Waals surface area contributed by atoms with Crippen LogP contribution in [0.4, 0.5) is 11.6 Å². The van der Waals surface area contributed by atoms with Crippen molar-refractivity contribution >= 4 is 11.6 Å². The molecule has 1 aromatic rings. The Morgan fingerprint density at radius 2 is 1.75 bits per heavy atom. The zero-order chi connectivity index (χ0) is 12.3. The first-order chi connectivity index (χ1) is 7.36. The van der Waals surface area contributed by atoms with Gasteiger partial charge in [-0.05, 0) is 19.3 Å². The Hall–Kier alpha value is -1.32. The normalized spacial score (nSPS) is 13.4. The second-order valence-corrected chi connectivity index (χ2v) is 5.18. The summed E-state index contributed by atoms with van der Waals surface area (Å²) in [7, 11) is 1.87. The van der Waals surface area contributed by atoms with Gasteiger partial charge in [0.25, 0.3) is 0 Å². The van der Waals surface area contributed by atoms with Crippen molar-refractivity contribution in [3.63, 3.8) is 0 Å². The highest BCUT2D eigenvalue weighted by molar-refractivity contribution is 5.56. The lowest BCUT2D eigenvalue weighted by molar-refractivity contribution is 0.358. The molecule has 0 fully saturated rings. The molecule has 2 N–H and O–H groups in total. The van der Waals surface area contributed by atoms with Crippen molar-refractivity contribution in [1.29, 1.82) is 0 Å². The van der Waals surface area contributed by atoms with Crippen LogP contribution in [0.25, 0.3) is 0 Å². The average Bonchev–Trinajstić information content (AvgIpc) is 2.19. The van der Waals surface area contributed by atoms with E-state index in [0.29, 0.717) is 6.04 Å². The number of hydrogen-bond acceptors (Lipinski definition) is 4. The summed E-state index contributed by atoms with van der Waals surface area (Å²) in [6, 6.07) is 0.353. The summed E-state index contributed by atoms with van der Waals surface area (Å²) in [5.41, 5.74) is 1.26. The molecule has 0 aromatic carbocycles. The summed E-state index contributed by atoms with van der Waals surface area (Å²) >= 11 is 0. The monoisotopic (exact) mass is 222 g/mol. The average molecular weight is 222 g/mol. The van der Waals surface area contributed by atoms with E-state index in [4.69, 9.17) is 0 Å². The minimum Gasteiger partial charge on any atom is -0.373 e. The Morgan fingerprint density at radius 1 is 1.19 bits per heavy atom. The van der Waals surface area contributed by atoms with Gasteiger partial charge in [-0.25, -0.2) is 9.97 Å². The van der Waals surface area contributed by atoms with Crippen molar-refractivity contribution in [2.45, 2.75) is 40.7 Å². The molecule has 0 aliphatic heterocycles. The molecule has 16 heavy (non-hydrogen) atoms. The molecule has 0 bridgehead atoms. The van der Waals surface area contributed by atoms with Crippen LogP contribution in [-0.2, 0) is 0 Å². The number of rotatable bonds is 3. The maximum Gasteiger partial charge on any atom is 0.134 e. The SMILES string of the molecule is CNc1ncnc(NC(C)C(C)(C)C)c1C. The van der Waals surface area contributed by atoms with Gasteiger partial charge < -0.3 is 10.6 Å². The fourth-order valence-corrected chi connectivity index (χ4v) is 1.27. The Balaban J connectivity index is 2.90. The summed E-state index contributed by atoms with van der Waals surface area (Å²) in [6.45, 7) is 10.8. The summed E-state index contributed by atoms with van der Waals surface area (Å²) < 4.78 is 0. The molecule has 4 nitrogen and oxygen atoms in total. The van der Waals surface area contributed by atoms with Crippen LogP contribution in [0.3, 0.4) is 0 Å². The van der Waals surface area contributed by atoms with Crippen molar-refractivity contribution in [3.05, 3.63) is 11.9 Å². The molecule has 0 amide bonds. The lowest BCUT2D eigenvalue weighted by Crippen LogP contribution is -2.31. The lowest BCUT2D eigenvalue weighted by atomic mass is 9.88. The maximum atomic E-state index is 4.28. The molecule has 1 rings (SSSR count). The molecule has 1 unspecified atom stereocenters. The van der Waals surface area contributed by atoms with Crippen LogP contribution < -0.4 is 10.6 Å². The van der Waals surface area contributed by atoms with Crippen LogP contribution in [-0.4, -0.2) is 23.1 Å². The van der Waals surface area contributed by atoms with Gasteiger partial charge in [-0.2, -0.15) is 0 Å². The van der Waals surface area contributed by atoms with E-state index in [0.717, 1.165) is 17.2 Å². The Morgan fingerprint density at radius 3 is 2.25 bits per heavy atom. The highest BCUT2D eigenvalue weighted by Crippen LogP contribution is 2.24. The van der Waals surface area contributed by atoms with Crippen LogP contribution in [0.1, 0.15) is 33.3 Å². The molecule has 0 aliphatic carbocycles. The second-order valence-electron chi connectivity index (χ2n) is 5.18. The summed E-state index contributed by atoms with van der Waals surface area (Å²) in [6.07, 6.45) is 1.58. The predicted molar refractivity (Wildman–Crippen MR) is 68.9 cm³/mol. The summed E-state index contributed by atoms with van der Waals surface area (Å²) in [4.78, 5) is 8.44. The van der Waals surface area contributed by atoms with E-state index in [9.17, 15) is 0 Å². The molecule has 4 heteroatoms. The Labute approximate surface area is 97.9 Å². The third-order valence-corrected chi connectivity index (χ3v) is 2.97. The highest BCUT2D eigenvalue weighted by atomic mass is 15.1. The molecular weight excluding hydrogens is 200 g/mol. The fraction of sp³-hybridized carbons (Fsp3) is 0.667. The van der Waals surface area contributed by atoms with E-state index in [1.165, 1.54) is 0 Å². The van der Waals surface area contributed by atoms with Gasteiger partial charge in [0.2, 0.25) is 0 Å². The third kappa shape index (κ3) is 2.84. The van der Waals surface area contributed by atoms with Crippen LogP contribution in [0.15, 0.2) is 6.33 Å². The fourth-order valence-electron chi connectivity index (χ4n) is 1.27. The van der Waals surface area contributed by atoms with Gasteiger partial charge in [0.1, 0.15) is 18.0 Å². The first-order valence-electron chi connectivity index (χ1n) is 5.62. The van der Waals surface area contributed by atoms with Gasteiger partial charge in [-0.3, -0.25) is 0 Å². The standard InChI is InChI=1S/C12H22N4/c1-8-10(13-6)14-7-15-11(8)16-9(2)12(3,4)5/h7,9H,1-6H3,(H2,13,14,15,16). The van der Waals surface area contributed by atoms with Crippen molar-refractivity contribution in [1.82, 2.24) is 9.97 Å². The van der Waals surface area contributed by atoms with Gasteiger partial charge in [0.05, 0.1) is 0 Å². The topological polar surface area (TPSA) is 49.8 Å². The largest absolute Gasteiger partial charge is 0.373 e. The van der Waals surface area contributed by atoms with E-state index in [1.54, 1.807) is 6.33 Å². The molecule has 90 valence electrons. The van der Waals surface area contributed by atoms with Crippen molar-refractivity contribution in [3.8, 4) is 0 Å². The van der Waals surface area contributed by atoms with Gasteiger partial charge >= 0.3 is 0 Å². The van der Waals surface area contributed by atoms with E-state index in [2.05, 4.69) is 48.3 Å². The lowest BCUT2D eigenvalue weighted by Gasteiger charge is -2.29. The first-order valence-corrected chi connectivity index (χ1v) is 5.62. The molecular formula is C12H22N4. The van der Waals surface area contributed by atoms with E-state index >= 15 is 0 Å². The zero-order valence-corrected chi connectivity index (χ0v) is 11.0. The van der Waals surface area contributed by atoms with Crippen LogP contribution in [0, 0.1) is 12.3 Å². The smallest absolute Gasteiger partial charge is 0.134 e. The van der Waals surface area contributed by atoms with Gasteiger partial charge in [-0.15, -0.1) is 0 Å². The zero-order valence-electron chi connectivity index (χ0n) is 11.0. The molecule has 1 heterocycles. The van der Waals surface area contributed by atoms with Gasteiger partial charge in [0, 0.05) is 18.7 Å². The van der Waals surface area contributed by atoms with Crippen molar-refractivity contribution in [2.75, 3.05) is 17.7 Å². The van der Waals surface area contributed by atoms with Gasteiger partial charge in [0.15, 0.2) is 0 Å². The molecule has 1 aromatic heterocycles. The van der Waals surface area contributed by atoms with Crippen LogP contribution in [0.5, 0.6) is 0 Å². The molecule has 0 aliphatic rings. The first kappa shape index (κ1) is 12.7. The number of aromatic nitrogens is 2. The Kier molecular flexibility index (Phi) is 3.73. The third-order valence-electron chi connectivity index (χ3n) is 2.97. The van der Waals surface area contributed by atoms with Gasteiger partial charge in [-0.1, -0.05) is 20.8 Å². The molecule has 0 saturated carbocycles. The van der Waals surface area contributed by atoms with E-state index in [-0.39, 0.29) is 5.41 Å². The second kappa shape index (κ2) is 4.68. The summed E-state index contributed by atoms with van der Waals surface area (Å²) in [5, 5.41) is 6.49. The molecule has 0 saturated heterocycles. The number of nitrogens with zero attached hydrogens (tertiary/aromatic N) is 2. The van der Waals surface area contributed by atoms with Crippen LogP contribution >= 0.6 is 0 Å². The minimum atomic E-state index is 0.206. The number of nitrogens with one attached hydrogen (secondary N) is 2. The predicted octanol–water partition coefficient (Wildman–Crippen LogP) is 2.67. The maximum absolute atomic E-state index is 4.28. The molecule has 0 spiro atoms. The summed E-state index contributed by atoms with van der Waals surface area (Å²) in [5.74, 6) is 1.78. The van der Waals surface area contributed by atoms with Crippen molar-refractivity contribution < 1.29 is 0 Å². The highest BCUT2D eigenvalue weighted by Gasteiger charge is 2.21. The van der Waals surface area contributed by atoms with Crippen LogP contribution in [0.2, 0.25) is 0 Å². The molecule has 0 radical (unpaired) electrons. The quantitative estimate of drug-likeness (QED) is 0.825.